The van der Waals surface area contributed by atoms with Crippen LogP contribution in [0.2, 0.25) is 5.02 Å². The minimum absolute atomic E-state index is 0.0739. The summed E-state index contributed by atoms with van der Waals surface area (Å²) < 4.78 is 1.69. The molecule has 2 aromatic carbocycles. The van der Waals surface area contributed by atoms with Crippen LogP contribution < -0.4 is 0 Å². The van der Waals surface area contributed by atoms with Gasteiger partial charge in [-0.1, -0.05) is 23.7 Å². The summed E-state index contributed by atoms with van der Waals surface area (Å²) in [7, 11) is 1.80. The third-order valence-electron chi connectivity index (χ3n) is 4.77. The van der Waals surface area contributed by atoms with E-state index in [0.29, 0.717) is 10.7 Å². The molecule has 1 amide bonds. The number of nitrogens with zero attached hydrogens (tertiary/aromatic N) is 4. The van der Waals surface area contributed by atoms with Crippen LogP contribution in [0.25, 0.3) is 16.6 Å². The normalized spacial score (nSPS) is 12.3. The number of benzene rings is 2. The molecule has 1 N–H and O–H groups in total. The highest BCUT2D eigenvalue weighted by atomic mass is 35.5. The molecule has 6 nitrogen and oxygen atoms in total. The Balaban J connectivity index is 1.55. The van der Waals surface area contributed by atoms with Crippen molar-refractivity contribution in [2.45, 2.75) is 13.0 Å². The van der Waals surface area contributed by atoms with Crippen LogP contribution in [0.5, 0.6) is 0 Å². The quantitative estimate of drug-likeness (QED) is 0.576. The Hall–Kier alpha value is -3.12. The van der Waals surface area contributed by atoms with Gasteiger partial charge < -0.3 is 9.88 Å². The van der Waals surface area contributed by atoms with Crippen LogP contribution in [0.3, 0.4) is 0 Å². The molecular weight excluding hydrogens is 362 g/mol. The number of fused-ring (bicyclic) bond motifs is 1. The molecule has 2 heterocycles. The maximum absolute atomic E-state index is 12.9. The van der Waals surface area contributed by atoms with Crippen molar-refractivity contribution in [3.63, 3.8) is 0 Å². The van der Waals surface area contributed by atoms with Crippen LogP contribution in [-0.4, -0.2) is 37.6 Å². The zero-order valence-corrected chi connectivity index (χ0v) is 15.7. The number of halogens is 1. The summed E-state index contributed by atoms with van der Waals surface area (Å²) in [5.74, 6) is -0.0739. The Labute approximate surface area is 161 Å². The van der Waals surface area contributed by atoms with Gasteiger partial charge in [-0.2, -0.15) is 5.10 Å². The van der Waals surface area contributed by atoms with E-state index in [0.717, 1.165) is 22.2 Å². The van der Waals surface area contributed by atoms with Gasteiger partial charge in [-0.05, 0) is 48.9 Å². The van der Waals surface area contributed by atoms with Crippen molar-refractivity contribution >= 4 is 28.4 Å². The average Bonchev–Trinajstić information content (AvgIpc) is 3.36. The van der Waals surface area contributed by atoms with E-state index >= 15 is 0 Å². The van der Waals surface area contributed by atoms with Gasteiger partial charge in [-0.3, -0.25) is 4.79 Å². The standard InChI is InChI=1S/C20H18ClN5O/c1-13(14-3-6-17(7-4-14)26-12-22-11-23-26)25(2)20(27)19-10-15-9-16(21)5-8-18(15)24-19/h3-13,24H,1-2H3/t13-/m0/s1. The summed E-state index contributed by atoms with van der Waals surface area (Å²) in [5, 5.41) is 5.69. The van der Waals surface area contributed by atoms with E-state index in [1.54, 1.807) is 29.0 Å². The Morgan fingerprint density at radius 1 is 1.19 bits per heavy atom. The number of carbonyl (C=O) groups excluding carboxylic acids is 1. The van der Waals surface area contributed by atoms with Crippen molar-refractivity contribution in [1.29, 1.82) is 0 Å². The number of aromatic amines is 1. The Bertz CT molecular complexity index is 1090. The molecule has 136 valence electrons. The number of nitrogens with one attached hydrogen (secondary N) is 1. The maximum atomic E-state index is 12.9. The lowest BCUT2D eigenvalue weighted by atomic mass is 10.1. The highest BCUT2D eigenvalue weighted by Crippen LogP contribution is 2.24. The van der Waals surface area contributed by atoms with E-state index in [-0.39, 0.29) is 11.9 Å². The predicted molar refractivity (Wildman–Crippen MR) is 105 cm³/mol. The monoisotopic (exact) mass is 379 g/mol. The first kappa shape index (κ1) is 17.3. The van der Waals surface area contributed by atoms with Crippen LogP contribution in [0.4, 0.5) is 0 Å². The first-order valence-corrected chi connectivity index (χ1v) is 8.91. The second kappa shape index (κ2) is 6.89. The fraction of sp³-hybridized carbons (Fsp3) is 0.150. The van der Waals surface area contributed by atoms with Gasteiger partial charge in [0.2, 0.25) is 0 Å². The summed E-state index contributed by atoms with van der Waals surface area (Å²) in [6.45, 7) is 2.00. The fourth-order valence-corrected chi connectivity index (χ4v) is 3.24. The summed E-state index contributed by atoms with van der Waals surface area (Å²) in [5.41, 5.74) is 3.39. The van der Waals surface area contributed by atoms with Crippen LogP contribution in [0.15, 0.2) is 61.2 Å². The molecule has 0 aliphatic heterocycles. The smallest absolute Gasteiger partial charge is 0.270 e. The van der Waals surface area contributed by atoms with E-state index in [1.807, 2.05) is 49.4 Å². The lowest BCUT2D eigenvalue weighted by molar-refractivity contribution is 0.0737. The van der Waals surface area contributed by atoms with Gasteiger partial charge in [0.1, 0.15) is 18.3 Å². The molecule has 0 fully saturated rings. The SMILES string of the molecule is C[C@@H](c1ccc(-n2cncn2)cc1)N(C)C(=O)c1cc2cc(Cl)ccc2[nH]1. The molecule has 4 rings (SSSR count). The Morgan fingerprint density at radius 3 is 2.67 bits per heavy atom. The molecule has 2 aromatic heterocycles. The highest BCUT2D eigenvalue weighted by molar-refractivity contribution is 6.31. The molecule has 0 saturated heterocycles. The first-order valence-electron chi connectivity index (χ1n) is 8.53. The van der Waals surface area contributed by atoms with Gasteiger partial charge in [0.15, 0.2) is 0 Å². The molecule has 27 heavy (non-hydrogen) atoms. The summed E-state index contributed by atoms with van der Waals surface area (Å²) >= 11 is 6.03. The number of amides is 1. The fourth-order valence-electron chi connectivity index (χ4n) is 3.06. The summed E-state index contributed by atoms with van der Waals surface area (Å²) in [6.07, 6.45) is 3.15. The van der Waals surface area contributed by atoms with Gasteiger partial charge in [-0.15, -0.1) is 0 Å². The largest absolute Gasteiger partial charge is 0.351 e. The van der Waals surface area contributed by atoms with E-state index in [2.05, 4.69) is 15.1 Å². The molecule has 0 aliphatic rings. The van der Waals surface area contributed by atoms with Gasteiger partial charge in [-0.25, -0.2) is 9.67 Å². The zero-order chi connectivity index (χ0) is 19.0. The van der Waals surface area contributed by atoms with E-state index in [1.165, 1.54) is 6.33 Å². The number of hydrogen-bond acceptors (Lipinski definition) is 3. The number of H-pyrrole nitrogens is 1. The van der Waals surface area contributed by atoms with Crippen LogP contribution in [0.1, 0.15) is 29.0 Å². The third-order valence-corrected chi connectivity index (χ3v) is 5.01. The molecule has 1 atom stereocenters. The molecule has 0 saturated carbocycles. The maximum Gasteiger partial charge on any atom is 0.270 e. The molecule has 0 unspecified atom stereocenters. The minimum atomic E-state index is -0.0858. The lowest BCUT2D eigenvalue weighted by Gasteiger charge is -2.25. The van der Waals surface area contributed by atoms with E-state index < -0.39 is 0 Å². The van der Waals surface area contributed by atoms with Crippen LogP contribution in [-0.2, 0) is 0 Å². The zero-order valence-electron chi connectivity index (χ0n) is 14.9. The molecule has 0 bridgehead atoms. The van der Waals surface area contributed by atoms with Crippen molar-refractivity contribution in [1.82, 2.24) is 24.6 Å². The van der Waals surface area contributed by atoms with Gasteiger partial charge in [0.05, 0.1) is 11.7 Å². The van der Waals surface area contributed by atoms with Crippen molar-refractivity contribution in [3.05, 3.63) is 77.5 Å². The van der Waals surface area contributed by atoms with E-state index in [4.69, 9.17) is 11.6 Å². The van der Waals surface area contributed by atoms with Crippen LogP contribution in [0, 0.1) is 0 Å². The van der Waals surface area contributed by atoms with Gasteiger partial charge in [0.25, 0.3) is 5.91 Å². The van der Waals surface area contributed by atoms with Gasteiger partial charge >= 0.3 is 0 Å². The molecule has 0 radical (unpaired) electrons. The Morgan fingerprint density at radius 2 is 1.96 bits per heavy atom. The second-order valence-electron chi connectivity index (χ2n) is 6.44. The Kier molecular flexibility index (Phi) is 4.41. The van der Waals surface area contributed by atoms with Crippen molar-refractivity contribution in [3.8, 4) is 5.69 Å². The summed E-state index contributed by atoms with van der Waals surface area (Å²) in [6, 6.07) is 15.2. The molecule has 7 heteroatoms. The second-order valence-corrected chi connectivity index (χ2v) is 6.87. The van der Waals surface area contributed by atoms with Gasteiger partial charge in [0, 0.05) is 23.0 Å². The molecule has 0 spiro atoms. The summed E-state index contributed by atoms with van der Waals surface area (Å²) in [4.78, 5) is 21.7. The van der Waals surface area contributed by atoms with E-state index in [9.17, 15) is 4.79 Å². The predicted octanol–water partition coefficient (Wildman–Crippen LogP) is 4.24. The molecule has 4 aromatic rings. The number of hydrogen-bond donors (Lipinski definition) is 1. The van der Waals surface area contributed by atoms with Crippen molar-refractivity contribution in [2.75, 3.05) is 7.05 Å². The highest BCUT2D eigenvalue weighted by Gasteiger charge is 2.20. The average molecular weight is 380 g/mol. The van der Waals surface area contributed by atoms with Crippen LogP contribution >= 0.6 is 11.6 Å². The van der Waals surface area contributed by atoms with Crippen molar-refractivity contribution < 1.29 is 4.79 Å². The molecule has 0 aliphatic carbocycles. The number of aromatic nitrogens is 4. The molecular formula is C20H18ClN5O. The lowest BCUT2D eigenvalue weighted by Crippen LogP contribution is -2.29. The number of rotatable bonds is 4. The number of carbonyl (C=O) groups is 1. The first-order chi connectivity index (χ1) is 13.0. The minimum Gasteiger partial charge on any atom is -0.351 e. The third kappa shape index (κ3) is 3.31. The van der Waals surface area contributed by atoms with Crippen molar-refractivity contribution in [2.24, 2.45) is 0 Å². The topological polar surface area (TPSA) is 66.8 Å².